The molecule has 0 aliphatic rings. The van der Waals surface area contributed by atoms with E-state index in [0.717, 1.165) is 0 Å². The van der Waals surface area contributed by atoms with E-state index in [1.807, 2.05) is 0 Å². The molecule has 0 saturated carbocycles. The van der Waals surface area contributed by atoms with Crippen LogP contribution in [-0.2, 0) is 36.7 Å². The maximum atomic E-state index is 11.6. The van der Waals surface area contributed by atoms with Gasteiger partial charge in [-0.05, 0) is 92.0 Å². The zero-order valence-corrected chi connectivity index (χ0v) is 27.7. The van der Waals surface area contributed by atoms with Gasteiger partial charge in [0.1, 0.15) is 16.8 Å². The first-order valence-corrected chi connectivity index (χ1v) is 13.9. The second kappa shape index (κ2) is 17.5. The lowest BCUT2D eigenvalue weighted by Gasteiger charge is -2.20. The molecular weight excluding hydrogens is 606 g/mol. The number of esters is 1. The van der Waals surface area contributed by atoms with Gasteiger partial charge in [0.15, 0.2) is 0 Å². The number of aryl methyl sites for hydroxylation is 1. The summed E-state index contributed by atoms with van der Waals surface area (Å²) in [5.74, 6) is -0.349. The maximum Gasteiger partial charge on any atom is 0.519 e. The van der Waals surface area contributed by atoms with Gasteiger partial charge in [-0.15, -0.1) is 0 Å². The van der Waals surface area contributed by atoms with Crippen molar-refractivity contribution < 1.29 is 43.2 Å². The molecule has 0 radical (unpaired) electrons. The van der Waals surface area contributed by atoms with Crippen molar-refractivity contribution in [3.05, 3.63) is 67.8 Å². The highest BCUT2D eigenvalue weighted by Crippen LogP contribution is 2.22. The molecule has 6 N–H and O–H groups in total. The van der Waals surface area contributed by atoms with E-state index in [4.69, 9.17) is 31.4 Å². The Morgan fingerprint density at radius 2 is 1.04 bits per heavy atom. The van der Waals surface area contributed by atoms with E-state index in [-0.39, 0.29) is 30.3 Å². The number of nitrogens with two attached hydrogens (primary N) is 3. The van der Waals surface area contributed by atoms with Crippen LogP contribution in [0.1, 0.15) is 79.9 Å². The molecule has 0 saturated heterocycles. The van der Waals surface area contributed by atoms with Gasteiger partial charge in [-0.25, -0.2) is 9.59 Å². The molecule has 0 amide bonds. The summed E-state index contributed by atoms with van der Waals surface area (Å²) in [7, 11) is 0. The molecule has 2 aromatic carbocycles. The number of non-ortho nitro benzene ring substituents is 2. The first-order valence-electron chi connectivity index (χ1n) is 13.9. The predicted octanol–water partition coefficient (Wildman–Crippen LogP) is 5.96. The van der Waals surface area contributed by atoms with E-state index < -0.39 is 39.0 Å². The van der Waals surface area contributed by atoms with Gasteiger partial charge >= 0.3 is 18.3 Å². The van der Waals surface area contributed by atoms with Crippen LogP contribution in [0.2, 0.25) is 0 Å². The first kappa shape index (κ1) is 41.0. The minimum Gasteiger partial charge on any atom is -0.460 e. The van der Waals surface area contributed by atoms with Gasteiger partial charge < -0.3 is 36.1 Å². The molecule has 2 rings (SSSR count). The highest BCUT2D eigenvalue weighted by atomic mass is 16.8. The maximum absolute atomic E-state index is 11.6. The number of carbonyl (C=O) groups excluding carboxylic acids is 3. The van der Waals surface area contributed by atoms with Crippen LogP contribution in [0.3, 0.4) is 0 Å². The molecule has 0 aliphatic heterocycles. The van der Waals surface area contributed by atoms with Gasteiger partial charge in [-0.1, -0.05) is 0 Å². The second-order valence-electron chi connectivity index (χ2n) is 12.6. The number of hydrogen-bond donors (Lipinski definition) is 3. The molecule has 16 heteroatoms. The molecule has 46 heavy (non-hydrogen) atoms. The highest BCUT2D eigenvalue weighted by Gasteiger charge is 2.24. The van der Waals surface area contributed by atoms with Crippen LogP contribution < -0.4 is 17.2 Å². The quantitative estimate of drug-likeness (QED) is 0.0813. The van der Waals surface area contributed by atoms with Crippen LogP contribution in [-0.4, -0.2) is 44.9 Å². The number of rotatable bonds is 6. The van der Waals surface area contributed by atoms with Crippen molar-refractivity contribution in [1.29, 1.82) is 0 Å². The Morgan fingerprint density at radius 3 is 1.39 bits per heavy atom. The van der Waals surface area contributed by atoms with E-state index in [0.29, 0.717) is 28.9 Å². The number of benzene rings is 2. The molecular formula is C30H45N5O11. The number of ether oxygens (including phenoxy) is 4. The zero-order valence-electron chi connectivity index (χ0n) is 27.7. The number of hydrogen-bond acceptors (Lipinski definition) is 14. The van der Waals surface area contributed by atoms with E-state index in [2.05, 4.69) is 4.74 Å². The molecule has 0 aliphatic carbocycles. The topological polar surface area (TPSA) is 252 Å². The van der Waals surface area contributed by atoms with Crippen LogP contribution in [0.4, 0.5) is 32.3 Å². The van der Waals surface area contributed by atoms with Crippen molar-refractivity contribution >= 4 is 41.0 Å². The lowest BCUT2D eigenvalue weighted by atomic mass is 10.1. The normalized spacial score (nSPS) is 11.0. The molecule has 2 aromatic rings. The summed E-state index contributed by atoms with van der Waals surface area (Å²) in [5.41, 5.74) is 16.7. The van der Waals surface area contributed by atoms with Gasteiger partial charge in [-0.3, -0.25) is 25.0 Å². The van der Waals surface area contributed by atoms with E-state index in [9.17, 15) is 34.6 Å². The van der Waals surface area contributed by atoms with Crippen molar-refractivity contribution in [2.24, 2.45) is 5.73 Å². The Balaban J connectivity index is 0.000000679. The number of nitrogens with zero attached hydrogens (tertiary/aromatic N) is 2. The molecule has 256 valence electrons. The van der Waals surface area contributed by atoms with Gasteiger partial charge in [-0.2, -0.15) is 0 Å². The van der Waals surface area contributed by atoms with Gasteiger partial charge in [0.2, 0.25) is 0 Å². The lowest BCUT2D eigenvalue weighted by molar-refractivity contribution is -0.385. The van der Waals surface area contributed by atoms with Crippen molar-refractivity contribution in [3.8, 4) is 0 Å². The summed E-state index contributed by atoms with van der Waals surface area (Å²) in [6.07, 6.45) is -1.65. The van der Waals surface area contributed by atoms with E-state index in [1.165, 1.54) is 36.4 Å². The molecule has 0 unspecified atom stereocenters. The summed E-state index contributed by atoms with van der Waals surface area (Å²) >= 11 is 0. The fourth-order valence-electron chi connectivity index (χ4n) is 3.04. The molecule has 16 nitrogen and oxygen atoms in total. The third-order valence-electron chi connectivity index (χ3n) is 4.86. The molecule has 0 heterocycles. The minimum absolute atomic E-state index is 0.0182. The third-order valence-corrected chi connectivity index (χ3v) is 4.86. The first-order chi connectivity index (χ1) is 20.8. The molecule has 0 fully saturated rings. The highest BCUT2D eigenvalue weighted by molar-refractivity contribution is 5.77. The van der Waals surface area contributed by atoms with Crippen LogP contribution in [0.25, 0.3) is 0 Å². The molecule has 0 atom stereocenters. The summed E-state index contributed by atoms with van der Waals surface area (Å²) in [4.78, 5) is 53.6. The van der Waals surface area contributed by atoms with Crippen molar-refractivity contribution in [2.45, 2.75) is 98.5 Å². The number of nitro benzene ring substituents is 2. The van der Waals surface area contributed by atoms with Crippen molar-refractivity contribution in [1.82, 2.24) is 0 Å². The summed E-state index contributed by atoms with van der Waals surface area (Å²) in [6, 6.07) is 8.43. The average molecular weight is 652 g/mol. The second-order valence-corrected chi connectivity index (χ2v) is 12.6. The Bertz CT molecular complexity index is 1350. The Kier molecular flexibility index (Phi) is 15.6. The predicted molar refractivity (Wildman–Crippen MR) is 171 cm³/mol. The van der Waals surface area contributed by atoms with E-state index in [1.54, 1.807) is 62.3 Å². The Labute approximate surface area is 267 Å². The average Bonchev–Trinajstić information content (AvgIpc) is 2.85. The fourth-order valence-corrected chi connectivity index (χ4v) is 3.04. The molecule has 0 spiro atoms. The van der Waals surface area contributed by atoms with Crippen molar-refractivity contribution in [3.63, 3.8) is 0 Å². The van der Waals surface area contributed by atoms with E-state index >= 15 is 0 Å². The number of nitro groups is 2. The number of anilines is 2. The monoisotopic (exact) mass is 651 g/mol. The lowest BCUT2D eigenvalue weighted by Crippen LogP contribution is -2.29. The molecule has 0 aromatic heterocycles. The smallest absolute Gasteiger partial charge is 0.460 e. The van der Waals surface area contributed by atoms with Gasteiger partial charge in [0, 0.05) is 48.6 Å². The number of carbonyl (C=O) groups is 3. The Morgan fingerprint density at radius 1 is 0.674 bits per heavy atom. The largest absolute Gasteiger partial charge is 0.519 e. The van der Waals surface area contributed by atoms with Crippen LogP contribution >= 0.6 is 0 Å². The Hall–Kier alpha value is -4.99. The third kappa shape index (κ3) is 18.6. The van der Waals surface area contributed by atoms with Gasteiger partial charge in [0.25, 0.3) is 11.4 Å². The fraction of sp³-hybridized carbons (Fsp3) is 0.500. The zero-order chi connectivity index (χ0) is 36.0. The minimum atomic E-state index is -1.06. The van der Waals surface area contributed by atoms with Gasteiger partial charge in [0.05, 0.1) is 9.85 Å². The standard InChI is InChI=1S/C13H18N2O4.C10H18O5.C7H9N3O2/c1-13(2,3)19-12(16)7-4-9-8-10(15(17)18)5-6-11(9)14;1-9(2,3)14-7(11)13-8(12)15-10(4,5)6;8-4-5-3-6(10(11)12)1-2-7(5)9/h5-6,8H,4,7,14H2,1-3H3;1-6H3;1-3H,4,8-9H2. The summed E-state index contributed by atoms with van der Waals surface area (Å²) in [6.45, 7) is 15.6. The van der Waals surface area contributed by atoms with Crippen LogP contribution in [0, 0.1) is 20.2 Å². The number of nitrogen functional groups attached to an aromatic ring is 2. The van der Waals surface area contributed by atoms with Crippen LogP contribution in [0.5, 0.6) is 0 Å². The van der Waals surface area contributed by atoms with Crippen LogP contribution in [0.15, 0.2) is 36.4 Å². The summed E-state index contributed by atoms with van der Waals surface area (Å²) in [5, 5.41) is 21.0. The van der Waals surface area contributed by atoms with Crippen molar-refractivity contribution in [2.75, 3.05) is 11.5 Å². The summed E-state index contributed by atoms with van der Waals surface area (Å²) < 4.78 is 19.0. The SMILES string of the molecule is CC(C)(C)OC(=O)CCc1cc([N+](=O)[O-])ccc1N.CC(C)(C)OC(=O)OC(=O)OC(C)(C)C.NCc1cc([N+](=O)[O-])ccc1N. The molecule has 0 bridgehead atoms.